The lowest BCUT2D eigenvalue weighted by atomic mass is 10.1. The fourth-order valence-corrected chi connectivity index (χ4v) is 1.90. The average Bonchev–Trinajstić information content (AvgIpc) is 2.62. The number of nitrogens with one attached hydrogen (secondary N) is 1. The molecule has 2 N–H and O–H groups in total. The van der Waals surface area contributed by atoms with E-state index in [0.717, 1.165) is 0 Å². The van der Waals surface area contributed by atoms with Crippen LogP contribution in [0.25, 0.3) is 0 Å². The van der Waals surface area contributed by atoms with Gasteiger partial charge in [0.2, 0.25) is 0 Å². The van der Waals surface area contributed by atoms with E-state index in [4.69, 9.17) is 4.74 Å². The maximum atomic E-state index is 13.9. The van der Waals surface area contributed by atoms with Crippen molar-refractivity contribution in [3.05, 3.63) is 23.5 Å². The van der Waals surface area contributed by atoms with Gasteiger partial charge in [-0.2, -0.15) is 0 Å². The molecule has 0 aromatic heterocycles. The number of anilines is 2. The number of benzene rings is 1. The number of fused-ring (bicyclic) bond motifs is 1. The van der Waals surface area contributed by atoms with Gasteiger partial charge in [0.05, 0.1) is 12.3 Å². The van der Waals surface area contributed by atoms with E-state index in [1.54, 1.807) is 19.1 Å². The lowest BCUT2D eigenvalue weighted by Gasteiger charge is -2.20. The molecule has 98 valence electrons. The Kier molecular flexibility index (Phi) is 3.49. The number of amides is 1. The van der Waals surface area contributed by atoms with Gasteiger partial charge in [0.1, 0.15) is 5.82 Å². The molecule has 1 unspecified atom stereocenters. The number of nitrogens with zero attached hydrogens (tertiary/aromatic N) is 1. The lowest BCUT2D eigenvalue weighted by Crippen LogP contribution is -2.23. The summed E-state index contributed by atoms with van der Waals surface area (Å²) in [6.07, 6.45) is -1.28. The van der Waals surface area contributed by atoms with Crippen LogP contribution in [0.5, 0.6) is 0 Å². The van der Waals surface area contributed by atoms with Gasteiger partial charge in [-0.05, 0) is 12.1 Å². The third-order valence-electron chi connectivity index (χ3n) is 2.96. The Hall–Kier alpha value is -1.66. The third kappa shape index (κ3) is 2.16. The molecule has 0 radical (unpaired) electrons. The Morgan fingerprint density at radius 1 is 1.56 bits per heavy atom. The van der Waals surface area contributed by atoms with Gasteiger partial charge in [-0.25, -0.2) is 4.39 Å². The Morgan fingerprint density at radius 3 is 2.94 bits per heavy atom. The van der Waals surface area contributed by atoms with Gasteiger partial charge in [0.15, 0.2) is 6.10 Å². The first kappa shape index (κ1) is 12.8. The first-order valence-corrected chi connectivity index (χ1v) is 5.57. The second-order valence-electron chi connectivity index (χ2n) is 4.20. The first-order chi connectivity index (χ1) is 8.54. The molecule has 0 spiro atoms. The minimum Gasteiger partial charge on any atom is -0.383 e. The number of ether oxygens (including phenoxy) is 1. The van der Waals surface area contributed by atoms with Crippen molar-refractivity contribution in [3.63, 3.8) is 0 Å². The van der Waals surface area contributed by atoms with Crippen molar-refractivity contribution in [2.24, 2.45) is 0 Å². The van der Waals surface area contributed by atoms with E-state index in [2.05, 4.69) is 5.32 Å². The van der Waals surface area contributed by atoms with Gasteiger partial charge >= 0.3 is 0 Å². The van der Waals surface area contributed by atoms with Crippen molar-refractivity contribution in [1.82, 2.24) is 0 Å². The normalized spacial score (nSPS) is 17.6. The number of methoxy groups -OCH3 is 1. The number of hydrogen-bond donors (Lipinski definition) is 2. The van der Waals surface area contributed by atoms with Crippen molar-refractivity contribution in [3.8, 4) is 0 Å². The van der Waals surface area contributed by atoms with Crippen molar-refractivity contribution in [2.75, 3.05) is 37.5 Å². The molecule has 1 atom stereocenters. The van der Waals surface area contributed by atoms with Crippen LogP contribution in [0.1, 0.15) is 11.7 Å². The summed E-state index contributed by atoms with van der Waals surface area (Å²) in [5.41, 5.74) is 1.09. The van der Waals surface area contributed by atoms with Crippen LogP contribution in [0, 0.1) is 5.82 Å². The predicted octanol–water partition coefficient (Wildman–Crippen LogP) is 0.894. The van der Waals surface area contributed by atoms with Gasteiger partial charge < -0.3 is 20.1 Å². The highest BCUT2D eigenvalue weighted by Crippen LogP contribution is 2.35. The molecule has 18 heavy (non-hydrogen) atoms. The number of carbonyl (C=O) groups is 1. The SMILES string of the molecule is COCCN(C)c1cc2c(cc1F)C(O)C(=O)N2. The van der Waals surface area contributed by atoms with E-state index in [9.17, 15) is 14.3 Å². The number of aliphatic hydroxyl groups is 1. The Morgan fingerprint density at radius 2 is 2.28 bits per heavy atom. The van der Waals surface area contributed by atoms with Crippen LogP contribution >= 0.6 is 0 Å². The van der Waals surface area contributed by atoms with Crippen molar-refractivity contribution in [1.29, 1.82) is 0 Å². The minimum absolute atomic E-state index is 0.279. The highest BCUT2D eigenvalue weighted by Gasteiger charge is 2.30. The molecular formula is C12H15FN2O3. The predicted molar refractivity (Wildman–Crippen MR) is 65.1 cm³/mol. The Bertz CT molecular complexity index is 479. The molecule has 0 saturated carbocycles. The lowest BCUT2D eigenvalue weighted by molar-refractivity contribution is -0.123. The molecule has 1 aromatic carbocycles. The van der Waals surface area contributed by atoms with E-state index in [0.29, 0.717) is 24.5 Å². The first-order valence-electron chi connectivity index (χ1n) is 5.57. The summed E-state index contributed by atoms with van der Waals surface area (Å²) in [7, 11) is 3.31. The second-order valence-corrected chi connectivity index (χ2v) is 4.20. The summed E-state index contributed by atoms with van der Waals surface area (Å²) in [6, 6.07) is 2.71. The summed E-state index contributed by atoms with van der Waals surface area (Å²) in [5.74, 6) is -0.996. The summed E-state index contributed by atoms with van der Waals surface area (Å²) in [6.45, 7) is 1.00. The zero-order chi connectivity index (χ0) is 13.3. The third-order valence-corrected chi connectivity index (χ3v) is 2.96. The van der Waals surface area contributed by atoms with E-state index in [1.165, 1.54) is 12.1 Å². The zero-order valence-electron chi connectivity index (χ0n) is 10.2. The number of hydrogen-bond acceptors (Lipinski definition) is 4. The number of rotatable bonds is 4. The molecule has 0 aliphatic carbocycles. The standard InChI is InChI=1S/C12H15FN2O3/c1-15(3-4-18-2)10-6-9-7(5-8(10)13)11(16)12(17)14-9/h5-6,11,16H,3-4H2,1-2H3,(H,14,17). The molecule has 1 aliphatic rings. The number of likely N-dealkylation sites (N-methyl/N-ethyl adjacent to an activating group) is 1. The van der Waals surface area contributed by atoms with E-state index >= 15 is 0 Å². The van der Waals surface area contributed by atoms with Gasteiger partial charge in [-0.3, -0.25) is 4.79 Å². The quantitative estimate of drug-likeness (QED) is 0.837. The van der Waals surface area contributed by atoms with Crippen molar-refractivity contribution in [2.45, 2.75) is 6.10 Å². The van der Waals surface area contributed by atoms with Crippen LogP contribution < -0.4 is 10.2 Å². The second kappa shape index (κ2) is 4.91. The highest BCUT2D eigenvalue weighted by atomic mass is 19.1. The summed E-state index contributed by atoms with van der Waals surface area (Å²) in [4.78, 5) is 13.0. The molecule has 5 nitrogen and oxygen atoms in total. The van der Waals surface area contributed by atoms with Gasteiger partial charge in [0.25, 0.3) is 5.91 Å². The fourth-order valence-electron chi connectivity index (χ4n) is 1.90. The summed E-state index contributed by atoms with van der Waals surface area (Å²) >= 11 is 0. The summed E-state index contributed by atoms with van der Waals surface area (Å²) < 4.78 is 18.8. The molecule has 1 amide bonds. The van der Waals surface area contributed by atoms with E-state index < -0.39 is 17.8 Å². The largest absolute Gasteiger partial charge is 0.383 e. The zero-order valence-corrected chi connectivity index (χ0v) is 10.2. The van der Waals surface area contributed by atoms with Crippen molar-refractivity contribution < 1.29 is 19.0 Å². The maximum Gasteiger partial charge on any atom is 0.257 e. The average molecular weight is 254 g/mol. The molecule has 1 aromatic rings. The van der Waals surface area contributed by atoms with Crippen LogP contribution in [0.4, 0.5) is 15.8 Å². The molecule has 1 heterocycles. The number of halogens is 1. The van der Waals surface area contributed by atoms with Gasteiger partial charge in [-0.1, -0.05) is 0 Å². The topological polar surface area (TPSA) is 61.8 Å². The maximum absolute atomic E-state index is 13.9. The molecular weight excluding hydrogens is 239 g/mol. The Balaban J connectivity index is 2.29. The smallest absolute Gasteiger partial charge is 0.257 e. The van der Waals surface area contributed by atoms with Crippen LogP contribution in [0.3, 0.4) is 0 Å². The van der Waals surface area contributed by atoms with E-state index in [-0.39, 0.29) is 5.56 Å². The van der Waals surface area contributed by atoms with Crippen LogP contribution in [0.2, 0.25) is 0 Å². The molecule has 0 bridgehead atoms. The minimum atomic E-state index is -1.28. The monoisotopic (exact) mass is 254 g/mol. The van der Waals surface area contributed by atoms with Gasteiger partial charge in [0, 0.05) is 32.0 Å². The summed E-state index contributed by atoms with van der Waals surface area (Å²) in [5, 5.41) is 12.0. The Labute approximate surface area is 104 Å². The van der Waals surface area contributed by atoms with E-state index in [1.807, 2.05) is 0 Å². The van der Waals surface area contributed by atoms with Crippen LogP contribution in [0.15, 0.2) is 12.1 Å². The molecule has 0 fully saturated rings. The van der Waals surface area contributed by atoms with Crippen molar-refractivity contribution >= 4 is 17.3 Å². The van der Waals surface area contributed by atoms with Gasteiger partial charge in [-0.15, -0.1) is 0 Å². The highest BCUT2D eigenvalue weighted by molar-refractivity contribution is 6.02. The fraction of sp³-hybridized carbons (Fsp3) is 0.417. The number of aliphatic hydroxyl groups excluding tert-OH is 1. The molecule has 2 rings (SSSR count). The van der Waals surface area contributed by atoms with Crippen LogP contribution in [-0.2, 0) is 9.53 Å². The molecule has 1 aliphatic heterocycles. The number of carbonyl (C=O) groups excluding carboxylic acids is 1. The molecule has 0 saturated heterocycles. The van der Waals surface area contributed by atoms with Crippen LogP contribution in [-0.4, -0.2) is 38.3 Å². The molecule has 6 heteroatoms.